The van der Waals surface area contributed by atoms with Gasteiger partial charge in [0.15, 0.2) is 0 Å². The summed E-state index contributed by atoms with van der Waals surface area (Å²) in [6.45, 7) is 4.86. The third kappa shape index (κ3) is 51.1. The van der Waals surface area contributed by atoms with E-state index in [1.807, 2.05) is 0 Å². The molecule has 6 heteroatoms. The number of nitrogens with one attached hydrogen (secondary N) is 1. The zero-order chi connectivity index (χ0) is 47.2. The molecule has 0 aromatic carbocycles. The van der Waals surface area contributed by atoms with Gasteiger partial charge in [0.2, 0.25) is 5.91 Å². The molecule has 0 heterocycles. The van der Waals surface area contributed by atoms with Crippen LogP contribution in [0, 0.1) is 0 Å². The highest BCUT2D eigenvalue weighted by atomic mass is 16.5. The first kappa shape index (κ1) is 62.8. The van der Waals surface area contributed by atoms with Crippen molar-refractivity contribution < 1.29 is 24.5 Å². The van der Waals surface area contributed by atoms with Gasteiger partial charge in [0.1, 0.15) is 0 Å². The van der Waals surface area contributed by atoms with Crippen LogP contribution in [0.2, 0.25) is 0 Å². The van der Waals surface area contributed by atoms with Crippen LogP contribution >= 0.6 is 0 Å². The Kier molecular flexibility index (Phi) is 52.6. The lowest BCUT2D eigenvalue weighted by atomic mass is 10.0. The minimum Gasteiger partial charge on any atom is -0.466 e. The molecule has 0 aromatic rings. The van der Waals surface area contributed by atoms with Gasteiger partial charge < -0.3 is 20.3 Å². The molecule has 0 saturated carbocycles. The zero-order valence-corrected chi connectivity index (χ0v) is 43.2. The summed E-state index contributed by atoms with van der Waals surface area (Å²) in [5, 5.41) is 23.1. The molecular weight excluding hydrogens is 803 g/mol. The lowest BCUT2D eigenvalue weighted by Crippen LogP contribution is -2.45. The Morgan fingerprint density at radius 2 is 0.800 bits per heavy atom. The van der Waals surface area contributed by atoms with Gasteiger partial charge in [-0.2, -0.15) is 0 Å². The van der Waals surface area contributed by atoms with E-state index in [0.29, 0.717) is 25.9 Å². The molecule has 2 atom stereocenters. The van der Waals surface area contributed by atoms with E-state index < -0.39 is 12.1 Å². The molecule has 0 aliphatic heterocycles. The van der Waals surface area contributed by atoms with Gasteiger partial charge in [-0.3, -0.25) is 9.59 Å². The minimum atomic E-state index is -0.667. The van der Waals surface area contributed by atoms with Crippen LogP contribution in [0.4, 0.5) is 0 Å². The number of ether oxygens (including phenoxy) is 1. The van der Waals surface area contributed by atoms with Crippen LogP contribution in [-0.2, 0) is 14.3 Å². The molecule has 0 saturated heterocycles. The molecule has 380 valence electrons. The lowest BCUT2D eigenvalue weighted by Gasteiger charge is -2.22. The average Bonchev–Trinajstić information content (AvgIpc) is 3.31. The molecular formula is C59H109NO5. The maximum Gasteiger partial charge on any atom is 0.305 e. The molecule has 0 aromatic heterocycles. The molecule has 65 heavy (non-hydrogen) atoms. The van der Waals surface area contributed by atoms with Crippen LogP contribution in [0.3, 0.4) is 0 Å². The summed E-state index contributed by atoms with van der Waals surface area (Å²) in [5.41, 5.74) is 0. The summed E-state index contributed by atoms with van der Waals surface area (Å²) in [6.07, 6.45) is 68.2. The predicted octanol–water partition coefficient (Wildman–Crippen LogP) is 17.4. The standard InChI is InChI=1S/C59H109NO5/c1-3-5-7-9-11-13-15-29-33-37-41-45-49-53-59(64)65-54-50-46-42-38-34-31-28-26-24-22-20-18-16-17-19-21-23-25-27-30-32-36-40-44-48-52-58(63)60-56(55-61)57(62)51-47-43-39-35-14-12-10-8-6-4-2/h7,9,13,15,17-20,56-57,61-62H,3-6,8,10-12,14,16,21-55H2,1-2H3,(H,60,63)/b9-7-,15-13-,19-17-,20-18-. The number of carbonyl (C=O) groups excluding carboxylic acids is 2. The molecule has 0 bridgehead atoms. The maximum absolute atomic E-state index is 12.4. The monoisotopic (exact) mass is 912 g/mol. The number of esters is 1. The van der Waals surface area contributed by atoms with Crippen molar-refractivity contribution in [2.45, 2.75) is 302 Å². The Labute approximate surface area is 404 Å². The summed E-state index contributed by atoms with van der Waals surface area (Å²) in [4.78, 5) is 24.4. The number of hydrogen-bond acceptors (Lipinski definition) is 5. The highest BCUT2D eigenvalue weighted by Crippen LogP contribution is 2.16. The second-order valence-electron chi connectivity index (χ2n) is 19.3. The molecule has 6 nitrogen and oxygen atoms in total. The van der Waals surface area contributed by atoms with Gasteiger partial charge >= 0.3 is 5.97 Å². The van der Waals surface area contributed by atoms with Gasteiger partial charge in [0.05, 0.1) is 25.4 Å². The van der Waals surface area contributed by atoms with Crippen molar-refractivity contribution in [1.82, 2.24) is 5.32 Å². The van der Waals surface area contributed by atoms with Crippen LogP contribution in [0.5, 0.6) is 0 Å². The van der Waals surface area contributed by atoms with E-state index in [-0.39, 0.29) is 18.5 Å². The Morgan fingerprint density at radius 3 is 1.23 bits per heavy atom. The average molecular weight is 913 g/mol. The first-order chi connectivity index (χ1) is 32.0. The van der Waals surface area contributed by atoms with Gasteiger partial charge in [-0.15, -0.1) is 0 Å². The summed E-state index contributed by atoms with van der Waals surface area (Å²) in [6, 6.07) is -0.545. The Morgan fingerprint density at radius 1 is 0.431 bits per heavy atom. The lowest BCUT2D eigenvalue weighted by molar-refractivity contribution is -0.143. The highest BCUT2D eigenvalue weighted by molar-refractivity contribution is 5.76. The maximum atomic E-state index is 12.4. The minimum absolute atomic E-state index is 0.00710. The molecule has 0 aliphatic rings. The number of aliphatic hydroxyl groups excluding tert-OH is 2. The van der Waals surface area contributed by atoms with Gasteiger partial charge in [-0.05, 0) is 83.5 Å². The number of carbonyl (C=O) groups is 2. The van der Waals surface area contributed by atoms with Gasteiger partial charge in [0, 0.05) is 12.8 Å². The van der Waals surface area contributed by atoms with Crippen LogP contribution in [0.15, 0.2) is 48.6 Å². The zero-order valence-electron chi connectivity index (χ0n) is 43.2. The first-order valence-electron chi connectivity index (χ1n) is 28.4. The predicted molar refractivity (Wildman–Crippen MR) is 282 cm³/mol. The van der Waals surface area contributed by atoms with Gasteiger partial charge in [-0.1, -0.05) is 242 Å². The molecule has 0 aliphatic carbocycles. The van der Waals surface area contributed by atoms with Crippen molar-refractivity contribution in [2.24, 2.45) is 0 Å². The van der Waals surface area contributed by atoms with Gasteiger partial charge in [-0.25, -0.2) is 0 Å². The SMILES string of the molecule is CCC/C=C\C/C=C\CCCCCCCC(=O)OCCCCCCCCCCC/C=C\C/C=C\CCCCCCCCCCCC(=O)NC(CO)C(O)CCCCCCCCCCCC. The molecule has 3 N–H and O–H groups in total. The van der Waals surface area contributed by atoms with E-state index in [1.165, 1.54) is 199 Å². The Balaban J connectivity index is 3.43. The Hall–Kier alpha value is -2.18. The van der Waals surface area contributed by atoms with E-state index in [0.717, 1.165) is 57.8 Å². The van der Waals surface area contributed by atoms with Crippen molar-refractivity contribution >= 4 is 11.9 Å². The van der Waals surface area contributed by atoms with Crippen molar-refractivity contribution in [2.75, 3.05) is 13.2 Å². The highest BCUT2D eigenvalue weighted by Gasteiger charge is 2.20. The second-order valence-corrected chi connectivity index (χ2v) is 19.3. The second kappa shape index (κ2) is 54.4. The van der Waals surface area contributed by atoms with Crippen LogP contribution < -0.4 is 5.32 Å². The van der Waals surface area contributed by atoms with E-state index in [1.54, 1.807) is 0 Å². The number of hydrogen-bond donors (Lipinski definition) is 3. The number of allylic oxidation sites excluding steroid dienone is 8. The summed E-state index contributed by atoms with van der Waals surface area (Å²) >= 11 is 0. The molecule has 0 spiro atoms. The van der Waals surface area contributed by atoms with Gasteiger partial charge in [0.25, 0.3) is 0 Å². The van der Waals surface area contributed by atoms with E-state index in [4.69, 9.17) is 4.74 Å². The summed E-state index contributed by atoms with van der Waals surface area (Å²) in [5.74, 6) is -0.0506. The fourth-order valence-corrected chi connectivity index (χ4v) is 8.47. The third-order valence-electron chi connectivity index (χ3n) is 12.8. The van der Waals surface area contributed by atoms with E-state index >= 15 is 0 Å². The first-order valence-corrected chi connectivity index (χ1v) is 28.4. The molecule has 1 amide bonds. The van der Waals surface area contributed by atoms with Crippen LogP contribution in [0.25, 0.3) is 0 Å². The molecule has 0 fully saturated rings. The van der Waals surface area contributed by atoms with Crippen molar-refractivity contribution in [3.8, 4) is 0 Å². The molecule has 0 rings (SSSR count). The Bertz CT molecular complexity index is 1100. The van der Waals surface area contributed by atoms with Crippen molar-refractivity contribution in [3.63, 3.8) is 0 Å². The van der Waals surface area contributed by atoms with Crippen molar-refractivity contribution in [3.05, 3.63) is 48.6 Å². The van der Waals surface area contributed by atoms with E-state index in [2.05, 4.69) is 67.8 Å². The van der Waals surface area contributed by atoms with Crippen LogP contribution in [0.1, 0.15) is 290 Å². The van der Waals surface area contributed by atoms with E-state index in [9.17, 15) is 19.8 Å². The fourth-order valence-electron chi connectivity index (χ4n) is 8.47. The van der Waals surface area contributed by atoms with Crippen molar-refractivity contribution in [1.29, 1.82) is 0 Å². The third-order valence-corrected chi connectivity index (χ3v) is 12.8. The summed E-state index contributed by atoms with van der Waals surface area (Å²) in [7, 11) is 0. The number of aliphatic hydroxyl groups is 2. The quantitative estimate of drug-likeness (QED) is 0.0321. The molecule has 2 unspecified atom stereocenters. The largest absolute Gasteiger partial charge is 0.466 e. The fraction of sp³-hybridized carbons (Fsp3) is 0.831. The van der Waals surface area contributed by atoms with Crippen LogP contribution in [-0.4, -0.2) is 47.4 Å². The smallest absolute Gasteiger partial charge is 0.305 e. The summed E-state index contributed by atoms with van der Waals surface area (Å²) < 4.78 is 5.46. The molecule has 0 radical (unpaired) electrons. The number of rotatable bonds is 52. The number of unbranched alkanes of at least 4 members (excludes halogenated alkanes) is 33. The number of amides is 1. The normalized spacial score (nSPS) is 13.0. The topological polar surface area (TPSA) is 95.9 Å².